The Hall–Kier alpha value is -1.33. The maximum atomic E-state index is 11.4. The van der Waals surface area contributed by atoms with Gasteiger partial charge >= 0.3 is 5.97 Å². The van der Waals surface area contributed by atoms with Crippen molar-refractivity contribution in [3.8, 4) is 0 Å². The van der Waals surface area contributed by atoms with Crippen molar-refractivity contribution in [2.75, 3.05) is 19.6 Å². The molecule has 2 aromatic rings. The van der Waals surface area contributed by atoms with Crippen LogP contribution in [0.5, 0.6) is 0 Å². The Labute approximate surface area is 132 Å². The third-order valence-electron chi connectivity index (χ3n) is 4.18. The van der Waals surface area contributed by atoms with Gasteiger partial charge < -0.3 is 14.6 Å². The second kappa shape index (κ2) is 6.20. The van der Waals surface area contributed by atoms with Crippen molar-refractivity contribution in [2.24, 2.45) is 0 Å². The van der Waals surface area contributed by atoms with Gasteiger partial charge in [-0.3, -0.25) is 0 Å². The highest BCUT2D eigenvalue weighted by atomic mass is 79.9. The molecule has 0 unspecified atom stereocenters. The molecule has 1 fully saturated rings. The first-order chi connectivity index (χ1) is 10.1. The molecule has 112 valence electrons. The Morgan fingerprint density at radius 2 is 1.95 bits per heavy atom. The maximum absolute atomic E-state index is 11.4. The van der Waals surface area contributed by atoms with Gasteiger partial charge in [0.2, 0.25) is 0 Å². The third-order valence-corrected chi connectivity index (χ3v) is 4.67. The fraction of sp³-hybridized carbons (Fsp3) is 0.438. The van der Waals surface area contributed by atoms with E-state index in [4.69, 9.17) is 0 Å². The maximum Gasteiger partial charge on any atom is 0.337 e. The standard InChI is InChI=1S/C16H19BrN2O2/c17-12-4-5-15-13(10-12)14(16(20)21)11-19(15)9-8-18-6-2-1-3-7-18/h4-5,10-11H,1-3,6-9H2,(H,20,21). The Kier molecular flexibility index (Phi) is 4.31. The van der Waals surface area contributed by atoms with Gasteiger partial charge in [-0.05, 0) is 44.1 Å². The fourth-order valence-corrected chi connectivity index (χ4v) is 3.42. The lowest BCUT2D eigenvalue weighted by molar-refractivity contribution is 0.0698. The van der Waals surface area contributed by atoms with Crippen LogP contribution in [0.1, 0.15) is 29.6 Å². The van der Waals surface area contributed by atoms with Gasteiger partial charge in [-0.25, -0.2) is 4.79 Å². The van der Waals surface area contributed by atoms with Crippen LogP contribution in [0.15, 0.2) is 28.9 Å². The minimum atomic E-state index is -0.866. The molecular weight excluding hydrogens is 332 g/mol. The van der Waals surface area contributed by atoms with E-state index in [-0.39, 0.29) is 0 Å². The topological polar surface area (TPSA) is 45.5 Å². The second-order valence-electron chi connectivity index (χ2n) is 5.61. The van der Waals surface area contributed by atoms with Crippen LogP contribution in [0.2, 0.25) is 0 Å². The summed E-state index contributed by atoms with van der Waals surface area (Å²) in [6.07, 6.45) is 5.66. The monoisotopic (exact) mass is 350 g/mol. The molecule has 1 aromatic heterocycles. The molecule has 0 radical (unpaired) electrons. The van der Waals surface area contributed by atoms with Crippen LogP contribution in [0.3, 0.4) is 0 Å². The summed E-state index contributed by atoms with van der Waals surface area (Å²) in [7, 11) is 0. The Balaban J connectivity index is 1.85. The minimum Gasteiger partial charge on any atom is -0.478 e. The van der Waals surface area contributed by atoms with E-state index in [0.29, 0.717) is 5.56 Å². The summed E-state index contributed by atoms with van der Waals surface area (Å²) >= 11 is 3.42. The average molecular weight is 351 g/mol. The number of hydrogen-bond acceptors (Lipinski definition) is 2. The van der Waals surface area contributed by atoms with E-state index in [9.17, 15) is 9.90 Å². The number of benzene rings is 1. The summed E-state index contributed by atoms with van der Waals surface area (Å²) in [5, 5.41) is 10.2. The Bertz CT molecular complexity index is 660. The molecule has 5 heteroatoms. The number of carboxylic acid groups (broad SMARTS) is 1. The minimum absolute atomic E-state index is 0.380. The molecule has 2 heterocycles. The molecule has 0 atom stereocenters. The number of hydrogen-bond donors (Lipinski definition) is 1. The molecule has 1 aliphatic rings. The average Bonchev–Trinajstić information content (AvgIpc) is 2.84. The number of likely N-dealkylation sites (tertiary alicyclic amines) is 1. The van der Waals surface area contributed by atoms with Crippen molar-refractivity contribution in [1.82, 2.24) is 9.47 Å². The zero-order chi connectivity index (χ0) is 14.8. The van der Waals surface area contributed by atoms with Gasteiger partial charge in [-0.2, -0.15) is 0 Å². The largest absolute Gasteiger partial charge is 0.478 e. The first kappa shape index (κ1) is 14.6. The quantitative estimate of drug-likeness (QED) is 0.916. The summed E-state index contributed by atoms with van der Waals surface area (Å²) in [5.74, 6) is -0.866. The van der Waals surface area contributed by atoms with Gasteiger partial charge in [0.25, 0.3) is 0 Å². The predicted molar refractivity (Wildman–Crippen MR) is 86.9 cm³/mol. The molecule has 0 spiro atoms. The molecule has 1 aliphatic heterocycles. The molecular formula is C16H19BrN2O2. The van der Waals surface area contributed by atoms with Crippen LogP contribution in [0.25, 0.3) is 10.9 Å². The number of nitrogens with zero attached hydrogens (tertiary/aromatic N) is 2. The van der Waals surface area contributed by atoms with Crippen LogP contribution in [-0.4, -0.2) is 40.2 Å². The molecule has 21 heavy (non-hydrogen) atoms. The van der Waals surface area contributed by atoms with Gasteiger partial charge in [0.05, 0.1) is 5.56 Å². The predicted octanol–water partition coefficient (Wildman–Crippen LogP) is 3.59. The first-order valence-electron chi connectivity index (χ1n) is 7.39. The van der Waals surface area contributed by atoms with Crippen molar-refractivity contribution in [3.05, 3.63) is 34.4 Å². The third kappa shape index (κ3) is 3.14. The smallest absolute Gasteiger partial charge is 0.337 e. The number of carboxylic acids is 1. The molecule has 1 aromatic carbocycles. The fourth-order valence-electron chi connectivity index (χ4n) is 3.06. The zero-order valence-electron chi connectivity index (χ0n) is 11.9. The summed E-state index contributed by atoms with van der Waals surface area (Å²) in [5.41, 5.74) is 1.37. The molecule has 3 rings (SSSR count). The SMILES string of the molecule is O=C(O)c1cn(CCN2CCCCC2)c2ccc(Br)cc12. The summed E-state index contributed by atoms with van der Waals surface area (Å²) in [4.78, 5) is 13.9. The van der Waals surface area contributed by atoms with E-state index >= 15 is 0 Å². The Morgan fingerprint density at radius 3 is 2.67 bits per heavy atom. The lowest BCUT2D eigenvalue weighted by Gasteiger charge is -2.26. The van der Waals surface area contributed by atoms with E-state index in [1.165, 1.54) is 19.3 Å². The molecule has 0 amide bonds. The van der Waals surface area contributed by atoms with E-state index in [1.54, 1.807) is 6.20 Å². The number of aromatic nitrogens is 1. The van der Waals surface area contributed by atoms with Gasteiger partial charge in [-0.1, -0.05) is 22.4 Å². The van der Waals surface area contributed by atoms with Crippen molar-refractivity contribution in [1.29, 1.82) is 0 Å². The number of piperidine rings is 1. The van der Waals surface area contributed by atoms with Gasteiger partial charge in [0.15, 0.2) is 0 Å². The molecule has 0 aliphatic carbocycles. The van der Waals surface area contributed by atoms with Crippen molar-refractivity contribution in [2.45, 2.75) is 25.8 Å². The second-order valence-corrected chi connectivity index (χ2v) is 6.52. The van der Waals surface area contributed by atoms with E-state index < -0.39 is 5.97 Å². The van der Waals surface area contributed by atoms with Gasteiger partial charge in [-0.15, -0.1) is 0 Å². The lowest BCUT2D eigenvalue weighted by Crippen LogP contribution is -2.32. The molecule has 4 nitrogen and oxygen atoms in total. The highest BCUT2D eigenvalue weighted by Gasteiger charge is 2.15. The van der Waals surface area contributed by atoms with Crippen molar-refractivity contribution >= 4 is 32.8 Å². The van der Waals surface area contributed by atoms with Crippen molar-refractivity contribution < 1.29 is 9.90 Å². The van der Waals surface area contributed by atoms with Gasteiger partial charge in [0.1, 0.15) is 0 Å². The number of halogens is 1. The van der Waals surface area contributed by atoms with E-state index in [0.717, 1.165) is 41.6 Å². The summed E-state index contributed by atoms with van der Waals surface area (Å²) in [6, 6.07) is 5.84. The van der Waals surface area contributed by atoms with Crippen LogP contribution < -0.4 is 0 Å². The molecule has 1 saturated heterocycles. The lowest BCUT2D eigenvalue weighted by atomic mass is 10.1. The van der Waals surface area contributed by atoms with Crippen LogP contribution in [-0.2, 0) is 6.54 Å². The Morgan fingerprint density at radius 1 is 1.19 bits per heavy atom. The molecule has 0 saturated carbocycles. The molecule has 0 bridgehead atoms. The first-order valence-corrected chi connectivity index (χ1v) is 8.18. The number of carbonyl (C=O) groups is 1. The van der Waals surface area contributed by atoms with Crippen LogP contribution in [0, 0.1) is 0 Å². The summed E-state index contributed by atoms with van der Waals surface area (Å²) in [6.45, 7) is 4.15. The van der Waals surface area contributed by atoms with Crippen LogP contribution >= 0.6 is 15.9 Å². The number of rotatable bonds is 4. The molecule has 1 N–H and O–H groups in total. The van der Waals surface area contributed by atoms with Crippen molar-refractivity contribution in [3.63, 3.8) is 0 Å². The van der Waals surface area contributed by atoms with Crippen LogP contribution in [0.4, 0.5) is 0 Å². The number of fused-ring (bicyclic) bond motifs is 1. The van der Waals surface area contributed by atoms with E-state index in [1.807, 2.05) is 18.2 Å². The van der Waals surface area contributed by atoms with E-state index in [2.05, 4.69) is 25.4 Å². The zero-order valence-corrected chi connectivity index (χ0v) is 13.5. The summed E-state index contributed by atoms with van der Waals surface area (Å²) < 4.78 is 2.98. The highest BCUT2D eigenvalue weighted by Crippen LogP contribution is 2.25. The highest BCUT2D eigenvalue weighted by molar-refractivity contribution is 9.10. The van der Waals surface area contributed by atoms with Gasteiger partial charge in [0, 0.05) is 34.7 Å². The number of aromatic carboxylic acids is 1. The normalized spacial score (nSPS) is 16.4.